The van der Waals surface area contributed by atoms with E-state index in [1.54, 1.807) is 32.3 Å². The van der Waals surface area contributed by atoms with E-state index in [1.807, 2.05) is 0 Å². The minimum atomic E-state index is -1.83. The number of hydrogen-bond donors (Lipinski definition) is 0. The first-order valence-electron chi connectivity index (χ1n) is 7.19. The summed E-state index contributed by atoms with van der Waals surface area (Å²) in [6.07, 6.45) is 7.64. The molecule has 1 heterocycles. The Balaban J connectivity index is 2.30. The van der Waals surface area contributed by atoms with Crippen LogP contribution in [0.4, 0.5) is 0 Å². The lowest BCUT2D eigenvalue weighted by molar-refractivity contribution is -0.168. The molecule has 0 spiro atoms. The molecule has 0 fully saturated rings. The zero-order valence-corrected chi connectivity index (χ0v) is 13.3. The van der Waals surface area contributed by atoms with Gasteiger partial charge in [-0.3, -0.25) is 14.4 Å². The monoisotopic (exact) mass is 318 g/mol. The van der Waals surface area contributed by atoms with Crippen LogP contribution in [-0.4, -0.2) is 36.9 Å². The van der Waals surface area contributed by atoms with E-state index in [1.165, 1.54) is 19.3 Å². The molecule has 1 aliphatic carbocycles. The number of ketones is 2. The van der Waals surface area contributed by atoms with E-state index in [9.17, 15) is 14.4 Å². The summed E-state index contributed by atoms with van der Waals surface area (Å²) in [4.78, 5) is 36.4. The lowest BCUT2D eigenvalue weighted by atomic mass is 9.80. The lowest BCUT2D eigenvalue weighted by Crippen LogP contribution is -2.50. The van der Waals surface area contributed by atoms with E-state index in [-0.39, 0.29) is 12.0 Å². The Labute approximate surface area is 134 Å². The van der Waals surface area contributed by atoms with Crippen LogP contribution in [0.15, 0.2) is 47.5 Å². The van der Waals surface area contributed by atoms with Crippen molar-refractivity contribution in [3.8, 4) is 0 Å². The average molecular weight is 318 g/mol. The van der Waals surface area contributed by atoms with E-state index < -0.39 is 23.1 Å². The molecule has 0 aromatic carbocycles. The van der Waals surface area contributed by atoms with Gasteiger partial charge in [0.1, 0.15) is 12.0 Å². The van der Waals surface area contributed by atoms with Gasteiger partial charge in [0.2, 0.25) is 17.2 Å². The number of allylic oxidation sites excluding steroid dienone is 3. The number of fused-ring (bicyclic) bond motifs is 1. The summed E-state index contributed by atoms with van der Waals surface area (Å²) in [5.41, 5.74) is -1.18. The first kappa shape index (κ1) is 16.9. The fraction of sp³-hybridized carbons (Fsp3) is 0.353. The lowest BCUT2D eigenvalue weighted by Gasteiger charge is -2.31. The third-order valence-corrected chi connectivity index (χ3v) is 3.51. The summed E-state index contributed by atoms with van der Waals surface area (Å²) < 4.78 is 15.3. The van der Waals surface area contributed by atoms with E-state index in [2.05, 4.69) is 0 Å². The van der Waals surface area contributed by atoms with Gasteiger partial charge in [-0.15, -0.1) is 0 Å². The highest BCUT2D eigenvalue weighted by atomic mass is 16.6. The van der Waals surface area contributed by atoms with Gasteiger partial charge in [-0.2, -0.15) is 0 Å². The standard InChI is InChI=1S/C17H18O6/c1-4-15(19)23-17(2)14(18)9-11-8-12(6-5-7-21-3)22-10-13(11)16(17)20/h5-6,8-10H,4,7H2,1-3H3/b6-5+. The second-order valence-corrected chi connectivity index (χ2v) is 5.21. The summed E-state index contributed by atoms with van der Waals surface area (Å²) >= 11 is 0. The molecule has 0 saturated carbocycles. The predicted molar refractivity (Wildman–Crippen MR) is 81.2 cm³/mol. The van der Waals surface area contributed by atoms with Crippen LogP contribution in [0.5, 0.6) is 0 Å². The highest BCUT2D eigenvalue weighted by molar-refractivity contribution is 6.26. The topological polar surface area (TPSA) is 78.9 Å². The predicted octanol–water partition coefficient (Wildman–Crippen LogP) is 1.78. The van der Waals surface area contributed by atoms with E-state index in [0.29, 0.717) is 17.9 Å². The largest absolute Gasteiger partial charge is 0.464 e. The molecule has 1 aliphatic heterocycles. The molecule has 0 saturated heterocycles. The van der Waals surface area contributed by atoms with E-state index in [0.717, 1.165) is 0 Å². The van der Waals surface area contributed by atoms with Crippen molar-refractivity contribution in [1.29, 1.82) is 0 Å². The third-order valence-electron chi connectivity index (χ3n) is 3.51. The molecule has 1 atom stereocenters. The number of hydrogen-bond acceptors (Lipinski definition) is 6. The molecule has 6 nitrogen and oxygen atoms in total. The second-order valence-electron chi connectivity index (χ2n) is 5.21. The molecule has 2 rings (SSSR count). The number of rotatable bonds is 5. The first-order valence-corrected chi connectivity index (χ1v) is 7.19. The number of methoxy groups -OCH3 is 1. The summed E-state index contributed by atoms with van der Waals surface area (Å²) in [6.45, 7) is 3.31. The molecule has 0 aromatic rings. The molecule has 6 heteroatoms. The molecule has 2 aliphatic rings. The minimum Gasteiger partial charge on any atom is -0.464 e. The van der Waals surface area contributed by atoms with Crippen molar-refractivity contribution in [2.45, 2.75) is 25.9 Å². The van der Waals surface area contributed by atoms with Gasteiger partial charge in [-0.1, -0.05) is 13.0 Å². The summed E-state index contributed by atoms with van der Waals surface area (Å²) in [5.74, 6) is -1.28. The van der Waals surface area contributed by atoms with Crippen molar-refractivity contribution in [2.24, 2.45) is 0 Å². The Hall–Kier alpha value is -2.47. The van der Waals surface area contributed by atoms with Crippen molar-refractivity contribution in [1.82, 2.24) is 0 Å². The number of carbonyl (C=O) groups is 3. The Morgan fingerprint density at radius 3 is 2.74 bits per heavy atom. The molecule has 23 heavy (non-hydrogen) atoms. The average Bonchev–Trinajstić information content (AvgIpc) is 2.53. The second kappa shape index (κ2) is 6.75. The van der Waals surface area contributed by atoms with Crippen LogP contribution in [0.3, 0.4) is 0 Å². The Kier molecular flexibility index (Phi) is 4.95. The molecule has 0 bridgehead atoms. The van der Waals surface area contributed by atoms with Gasteiger partial charge >= 0.3 is 5.97 Å². The Morgan fingerprint density at radius 2 is 2.09 bits per heavy atom. The van der Waals surface area contributed by atoms with Gasteiger partial charge in [-0.25, -0.2) is 0 Å². The molecule has 0 radical (unpaired) electrons. The third kappa shape index (κ3) is 3.32. The molecular formula is C17H18O6. The van der Waals surface area contributed by atoms with E-state index in [4.69, 9.17) is 14.2 Å². The van der Waals surface area contributed by atoms with Gasteiger partial charge in [0.05, 0.1) is 12.2 Å². The zero-order valence-electron chi connectivity index (χ0n) is 13.3. The molecular weight excluding hydrogens is 300 g/mol. The SMILES string of the molecule is CCC(=O)OC1(C)C(=O)C=C2C=C(/C=C/COC)OC=C2C1=O. The van der Waals surface area contributed by atoms with Crippen LogP contribution in [0.1, 0.15) is 20.3 Å². The highest BCUT2D eigenvalue weighted by Gasteiger charge is 2.49. The molecule has 0 amide bonds. The van der Waals surface area contributed by atoms with Gasteiger partial charge in [0, 0.05) is 13.5 Å². The maximum absolute atomic E-state index is 12.6. The normalized spacial score (nSPS) is 23.7. The van der Waals surface area contributed by atoms with Crippen molar-refractivity contribution < 1.29 is 28.6 Å². The number of Topliss-reactive ketones (excluding diaryl/α,β-unsaturated/α-hetero) is 1. The maximum atomic E-state index is 12.6. The number of ether oxygens (including phenoxy) is 3. The van der Waals surface area contributed by atoms with Crippen LogP contribution < -0.4 is 0 Å². The fourth-order valence-electron chi connectivity index (χ4n) is 2.16. The first-order chi connectivity index (χ1) is 10.9. The smallest absolute Gasteiger partial charge is 0.306 e. The molecule has 0 aromatic heterocycles. The summed E-state index contributed by atoms with van der Waals surface area (Å²) in [5, 5.41) is 0. The molecule has 1 unspecified atom stereocenters. The van der Waals surface area contributed by atoms with Gasteiger partial charge in [0.15, 0.2) is 0 Å². The Bertz CT molecular complexity index is 665. The highest BCUT2D eigenvalue weighted by Crippen LogP contribution is 2.33. The van der Waals surface area contributed by atoms with Crippen LogP contribution >= 0.6 is 0 Å². The zero-order chi connectivity index (χ0) is 17.0. The van der Waals surface area contributed by atoms with Crippen LogP contribution in [-0.2, 0) is 28.6 Å². The Morgan fingerprint density at radius 1 is 1.35 bits per heavy atom. The minimum absolute atomic E-state index is 0.0800. The van der Waals surface area contributed by atoms with Crippen molar-refractivity contribution in [3.63, 3.8) is 0 Å². The van der Waals surface area contributed by atoms with E-state index >= 15 is 0 Å². The molecule has 0 N–H and O–H groups in total. The van der Waals surface area contributed by atoms with Gasteiger partial charge < -0.3 is 14.2 Å². The van der Waals surface area contributed by atoms with Crippen LogP contribution in [0, 0.1) is 0 Å². The fourth-order valence-corrected chi connectivity index (χ4v) is 2.16. The molecule has 122 valence electrons. The quantitative estimate of drug-likeness (QED) is 0.568. The van der Waals surface area contributed by atoms with Crippen molar-refractivity contribution >= 4 is 17.5 Å². The van der Waals surface area contributed by atoms with Crippen LogP contribution in [0.2, 0.25) is 0 Å². The summed E-state index contributed by atoms with van der Waals surface area (Å²) in [7, 11) is 1.57. The van der Waals surface area contributed by atoms with Gasteiger partial charge in [0.25, 0.3) is 0 Å². The maximum Gasteiger partial charge on any atom is 0.306 e. The summed E-state index contributed by atoms with van der Waals surface area (Å²) in [6, 6.07) is 0. The van der Waals surface area contributed by atoms with Crippen molar-refractivity contribution in [2.75, 3.05) is 13.7 Å². The number of esters is 1. The van der Waals surface area contributed by atoms with Crippen LogP contribution in [0.25, 0.3) is 0 Å². The van der Waals surface area contributed by atoms with Crippen molar-refractivity contribution in [3.05, 3.63) is 47.5 Å². The van der Waals surface area contributed by atoms with Gasteiger partial charge in [-0.05, 0) is 30.7 Å². The number of carbonyl (C=O) groups excluding carboxylic acids is 3.